The van der Waals surface area contributed by atoms with Crippen LogP contribution in [-0.4, -0.2) is 27.8 Å². The third kappa shape index (κ3) is 4.33. The molecule has 0 unspecified atom stereocenters. The topological polar surface area (TPSA) is 90.7 Å². The van der Waals surface area contributed by atoms with Gasteiger partial charge in [0.2, 0.25) is 0 Å². The first-order valence-corrected chi connectivity index (χ1v) is 10.7. The zero-order valence-electron chi connectivity index (χ0n) is 16.4. The molecule has 7 nitrogen and oxygen atoms in total. The van der Waals surface area contributed by atoms with Crippen LogP contribution >= 0.6 is 11.6 Å². The van der Waals surface area contributed by atoms with Gasteiger partial charge < -0.3 is 14.0 Å². The van der Waals surface area contributed by atoms with E-state index in [1.807, 2.05) is 6.92 Å². The monoisotopic (exact) mass is 436 g/mol. The molecular formula is C20H21ClN2O5S. The minimum atomic E-state index is -3.97. The minimum absolute atomic E-state index is 0.125. The lowest BCUT2D eigenvalue weighted by molar-refractivity contribution is 0.395. The van der Waals surface area contributed by atoms with Crippen molar-refractivity contribution in [1.29, 1.82) is 0 Å². The number of halogens is 1. The standard InChI is InChI=1S/C20H21ClN2O5S/c1-5-13-6-7-14(17-8-12(2)22-28-17)9-19(13)29(24,25)23-20-16(21)10-15(26-3)11-18(20)27-4/h6-11,23H,5H2,1-4H3. The molecule has 0 aliphatic carbocycles. The Balaban J connectivity index is 2.08. The largest absolute Gasteiger partial charge is 0.497 e. The Labute approximate surface area is 174 Å². The normalized spacial score (nSPS) is 11.3. The van der Waals surface area contributed by atoms with Gasteiger partial charge in [-0.25, -0.2) is 8.42 Å². The number of hydrogen-bond acceptors (Lipinski definition) is 6. The molecule has 1 heterocycles. The highest BCUT2D eigenvalue weighted by atomic mass is 35.5. The molecule has 2 aromatic carbocycles. The number of anilines is 1. The summed E-state index contributed by atoms with van der Waals surface area (Å²) in [6.45, 7) is 3.68. The minimum Gasteiger partial charge on any atom is -0.497 e. The Bertz CT molecular complexity index is 1140. The van der Waals surface area contributed by atoms with Crippen LogP contribution in [0.3, 0.4) is 0 Å². The molecule has 154 valence electrons. The van der Waals surface area contributed by atoms with E-state index in [4.69, 9.17) is 25.6 Å². The number of aromatic nitrogens is 1. The number of ether oxygens (including phenoxy) is 2. The van der Waals surface area contributed by atoms with Crippen molar-refractivity contribution in [2.75, 3.05) is 18.9 Å². The van der Waals surface area contributed by atoms with Crippen LogP contribution in [0.15, 0.2) is 45.8 Å². The van der Waals surface area contributed by atoms with E-state index in [0.717, 1.165) is 0 Å². The van der Waals surface area contributed by atoms with E-state index in [1.165, 1.54) is 20.3 Å². The molecule has 0 amide bonds. The summed E-state index contributed by atoms with van der Waals surface area (Å²) in [5.74, 6) is 1.19. The van der Waals surface area contributed by atoms with E-state index in [9.17, 15) is 8.42 Å². The van der Waals surface area contributed by atoms with Gasteiger partial charge in [0.15, 0.2) is 5.76 Å². The number of benzene rings is 2. The van der Waals surface area contributed by atoms with E-state index >= 15 is 0 Å². The van der Waals surface area contributed by atoms with Crippen LogP contribution in [-0.2, 0) is 16.4 Å². The van der Waals surface area contributed by atoms with Crippen LogP contribution in [0.2, 0.25) is 5.02 Å². The molecule has 0 saturated carbocycles. The van der Waals surface area contributed by atoms with E-state index in [2.05, 4.69) is 9.88 Å². The van der Waals surface area contributed by atoms with Gasteiger partial charge in [-0.1, -0.05) is 35.8 Å². The van der Waals surface area contributed by atoms with Crippen molar-refractivity contribution >= 4 is 27.3 Å². The Hall–Kier alpha value is -2.71. The number of hydrogen-bond donors (Lipinski definition) is 1. The molecule has 3 aromatic rings. The Morgan fingerprint density at radius 1 is 1.14 bits per heavy atom. The van der Waals surface area contributed by atoms with Gasteiger partial charge in [-0.2, -0.15) is 0 Å². The molecule has 0 radical (unpaired) electrons. The summed E-state index contributed by atoms with van der Waals surface area (Å²) in [7, 11) is -1.06. The van der Waals surface area contributed by atoms with Crippen molar-refractivity contribution in [3.8, 4) is 22.8 Å². The SMILES string of the molecule is CCc1ccc(-c2cc(C)no2)cc1S(=O)(=O)Nc1c(Cl)cc(OC)cc1OC. The quantitative estimate of drug-likeness (QED) is 0.578. The Morgan fingerprint density at radius 2 is 1.90 bits per heavy atom. The van der Waals surface area contributed by atoms with Gasteiger partial charge in [0.25, 0.3) is 10.0 Å². The maximum absolute atomic E-state index is 13.2. The zero-order valence-corrected chi connectivity index (χ0v) is 18.0. The molecule has 0 atom stereocenters. The number of nitrogens with one attached hydrogen (secondary N) is 1. The molecule has 1 N–H and O–H groups in total. The van der Waals surface area contributed by atoms with E-state index < -0.39 is 10.0 Å². The van der Waals surface area contributed by atoms with Crippen LogP contribution in [0.1, 0.15) is 18.2 Å². The fourth-order valence-corrected chi connectivity index (χ4v) is 4.61. The molecule has 9 heteroatoms. The van der Waals surface area contributed by atoms with Crippen LogP contribution in [0.5, 0.6) is 11.5 Å². The molecule has 0 aliphatic heterocycles. The van der Waals surface area contributed by atoms with Crippen molar-refractivity contribution in [3.63, 3.8) is 0 Å². The summed E-state index contributed by atoms with van der Waals surface area (Å²) in [5.41, 5.74) is 2.10. The summed E-state index contributed by atoms with van der Waals surface area (Å²) < 4.78 is 44.7. The fourth-order valence-electron chi connectivity index (χ4n) is 2.87. The molecule has 0 spiro atoms. The maximum Gasteiger partial charge on any atom is 0.262 e. The first-order valence-electron chi connectivity index (χ1n) is 8.80. The fraction of sp³-hybridized carbons (Fsp3) is 0.250. The molecule has 0 fully saturated rings. The molecule has 29 heavy (non-hydrogen) atoms. The van der Waals surface area contributed by atoms with Gasteiger partial charge in [0.1, 0.15) is 17.2 Å². The zero-order chi connectivity index (χ0) is 21.2. The third-order valence-electron chi connectivity index (χ3n) is 4.37. The lowest BCUT2D eigenvalue weighted by Gasteiger charge is -2.16. The summed E-state index contributed by atoms with van der Waals surface area (Å²) in [6.07, 6.45) is 0.527. The van der Waals surface area contributed by atoms with Gasteiger partial charge in [-0.3, -0.25) is 4.72 Å². The van der Waals surface area contributed by atoms with E-state index in [0.29, 0.717) is 34.8 Å². The Morgan fingerprint density at radius 3 is 2.48 bits per heavy atom. The van der Waals surface area contributed by atoms with Crippen LogP contribution in [0, 0.1) is 6.92 Å². The van der Waals surface area contributed by atoms with Crippen molar-refractivity contribution in [3.05, 3.63) is 52.7 Å². The predicted molar refractivity (Wildman–Crippen MR) is 111 cm³/mol. The van der Waals surface area contributed by atoms with Crippen LogP contribution in [0.4, 0.5) is 5.69 Å². The molecule has 0 saturated heterocycles. The highest BCUT2D eigenvalue weighted by Gasteiger charge is 2.23. The smallest absolute Gasteiger partial charge is 0.262 e. The average molecular weight is 437 g/mol. The lowest BCUT2D eigenvalue weighted by Crippen LogP contribution is -2.16. The first kappa shape index (κ1) is 21.0. The summed E-state index contributed by atoms with van der Waals surface area (Å²) in [6, 6.07) is 9.93. The second-order valence-corrected chi connectivity index (χ2v) is 8.36. The number of rotatable bonds is 7. The van der Waals surface area contributed by atoms with E-state index in [-0.39, 0.29) is 21.4 Å². The third-order valence-corrected chi connectivity index (χ3v) is 6.10. The van der Waals surface area contributed by atoms with Crippen LogP contribution in [0.25, 0.3) is 11.3 Å². The highest BCUT2D eigenvalue weighted by Crippen LogP contribution is 2.38. The van der Waals surface area contributed by atoms with Crippen molar-refractivity contribution < 1.29 is 22.4 Å². The molecule has 0 aliphatic rings. The molecular weight excluding hydrogens is 416 g/mol. The number of sulfonamides is 1. The maximum atomic E-state index is 13.2. The molecule has 3 rings (SSSR count). The summed E-state index contributed by atoms with van der Waals surface area (Å²) >= 11 is 6.28. The van der Waals surface area contributed by atoms with Gasteiger partial charge in [0, 0.05) is 23.8 Å². The number of aryl methyl sites for hydroxylation is 2. The van der Waals surface area contributed by atoms with Crippen molar-refractivity contribution in [2.45, 2.75) is 25.2 Å². The molecule has 1 aromatic heterocycles. The lowest BCUT2D eigenvalue weighted by atomic mass is 10.1. The highest BCUT2D eigenvalue weighted by molar-refractivity contribution is 7.92. The molecule has 0 bridgehead atoms. The van der Waals surface area contributed by atoms with Gasteiger partial charge in [0.05, 0.1) is 29.8 Å². The predicted octanol–water partition coefficient (Wildman–Crippen LogP) is 4.68. The van der Waals surface area contributed by atoms with Crippen LogP contribution < -0.4 is 14.2 Å². The number of nitrogens with zero attached hydrogens (tertiary/aromatic N) is 1. The second-order valence-electron chi connectivity index (χ2n) is 6.30. The summed E-state index contributed by atoms with van der Waals surface area (Å²) in [5, 5.41) is 4.02. The van der Waals surface area contributed by atoms with E-state index in [1.54, 1.807) is 37.3 Å². The van der Waals surface area contributed by atoms with Gasteiger partial charge in [-0.15, -0.1) is 0 Å². The average Bonchev–Trinajstić information content (AvgIpc) is 3.15. The number of methoxy groups -OCH3 is 2. The second kappa shape index (κ2) is 8.34. The van der Waals surface area contributed by atoms with Gasteiger partial charge >= 0.3 is 0 Å². The summed E-state index contributed by atoms with van der Waals surface area (Å²) in [4.78, 5) is 0.125. The Kier molecular flexibility index (Phi) is 6.04. The first-order chi connectivity index (χ1) is 13.8. The van der Waals surface area contributed by atoms with Crippen molar-refractivity contribution in [2.24, 2.45) is 0 Å². The van der Waals surface area contributed by atoms with Crippen molar-refractivity contribution in [1.82, 2.24) is 5.16 Å². The van der Waals surface area contributed by atoms with Gasteiger partial charge in [-0.05, 0) is 25.0 Å².